The van der Waals surface area contributed by atoms with Crippen LogP contribution in [0.15, 0.2) is 146 Å². The molecule has 0 unspecified atom stereocenters. The van der Waals surface area contributed by atoms with E-state index < -0.39 is 88.8 Å². The molecule has 3 fully saturated rings. The average Bonchev–Trinajstić information content (AvgIpc) is 3.11. The van der Waals surface area contributed by atoms with Gasteiger partial charge in [-0.3, -0.25) is 39.0 Å². The first-order valence-corrected chi connectivity index (χ1v) is 24.6. The Morgan fingerprint density at radius 3 is 2.05 bits per heavy atom. The first kappa shape index (κ1) is 51.0. The van der Waals surface area contributed by atoms with Gasteiger partial charge in [0.15, 0.2) is 5.92 Å². The first-order valence-electron chi connectivity index (χ1n) is 24.6. The number of cyclic esters (lactones) is 1. The van der Waals surface area contributed by atoms with Crippen molar-refractivity contribution in [1.82, 2.24) is 19.8 Å². The number of ether oxygens (including phenoxy) is 4. The van der Waals surface area contributed by atoms with Gasteiger partial charge in [0.25, 0.3) is 5.69 Å². The summed E-state index contributed by atoms with van der Waals surface area (Å²) in [4.78, 5) is 115. The molecule has 77 heavy (non-hydrogen) atoms. The summed E-state index contributed by atoms with van der Waals surface area (Å²) in [5.41, 5.74) is -0.0641. The molecule has 4 aliphatic heterocycles. The highest BCUT2D eigenvalue weighted by molar-refractivity contribution is 6.23. The third kappa shape index (κ3) is 9.30. The number of methoxy groups -OCH3 is 2. The predicted octanol–water partition coefficient (Wildman–Crippen LogP) is 6.15. The van der Waals surface area contributed by atoms with Crippen molar-refractivity contribution in [2.75, 3.05) is 50.2 Å². The van der Waals surface area contributed by atoms with Crippen molar-refractivity contribution in [3.05, 3.63) is 189 Å². The number of nitro groups is 1. The Bertz CT molecular complexity index is 3300. The van der Waals surface area contributed by atoms with E-state index >= 15 is 14.4 Å². The van der Waals surface area contributed by atoms with Crippen LogP contribution in [0.25, 0.3) is 0 Å². The van der Waals surface area contributed by atoms with Crippen LogP contribution < -0.4 is 9.80 Å². The first-order chi connectivity index (χ1) is 37.3. The van der Waals surface area contributed by atoms with Crippen LogP contribution in [-0.2, 0) is 54.9 Å². The number of nitrogens with zero attached hydrogens (tertiary/aromatic N) is 7. The molecule has 0 saturated carbocycles. The van der Waals surface area contributed by atoms with Crippen molar-refractivity contribution in [3.8, 4) is 17.6 Å². The Labute approximate surface area is 440 Å². The minimum absolute atomic E-state index is 0.00652. The number of aromatic nitrogens is 2. The zero-order valence-corrected chi connectivity index (χ0v) is 41.5. The van der Waals surface area contributed by atoms with Gasteiger partial charge in [-0.25, -0.2) is 19.7 Å². The number of phenolic OH excluding ortho intramolecular Hbond substituents is 1. The lowest BCUT2D eigenvalue weighted by atomic mass is 9.65. The second-order valence-electron chi connectivity index (χ2n) is 18.7. The van der Waals surface area contributed by atoms with Gasteiger partial charge in [0.1, 0.15) is 29.9 Å². The molecule has 6 atom stereocenters. The van der Waals surface area contributed by atoms with Gasteiger partial charge < -0.3 is 33.9 Å². The molecule has 1 N–H and O–H groups in total. The molecule has 3 saturated heterocycles. The number of anilines is 2. The molecular formula is C57H49N7O13. The summed E-state index contributed by atoms with van der Waals surface area (Å²) in [6.07, 6.45) is 0.713. The van der Waals surface area contributed by atoms with Crippen molar-refractivity contribution < 1.29 is 57.7 Å². The Hall–Kier alpha value is -9.48. The number of fused-ring (bicyclic) bond motifs is 3. The van der Waals surface area contributed by atoms with Crippen LogP contribution in [0.1, 0.15) is 58.0 Å². The van der Waals surface area contributed by atoms with Gasteiger partial charge >= 0.3 is 24.0 Å². The van der Waals surface area contributed by atoms with E-state index in [1.807, 2.05) is 70.5 Å². The van der Waals surface area contributed by atoms with Gasteiger partial charge in [-0.1, -0.05) is 84.6 Å². The van der Waals surface area contributed by atoms with Gasteiger partial charge in [0.2, 0.25) is 17.8 Å². The number of piperazine rings is 1. The second kappa shape index (κ2) is 21.4. The number of carbonyl (C=O) groups excluding carboxylic acids is 6. The normalized spacial score (nSPS) is 21.6. The minimum Gasteiger partial charge on any atom is -0.508 e. The standard InChI is InChI=1S/C57H49N7O13/c1-74-51(67)42(52(68)75-2)16-9-11-35-19-26-44-43(33-35)57(54(70)62(44)56(71)76-34-36-17-22-40(23-18-36)64(72)73)45(50(66)60-29-31-61(32-30-60)55-58-27-10-28-59-55)47-53(69)77-48(38-14-7-4-8-15-38)46(37-12-5-3-6-13-37)63(47)49(57)39-20-24-41(65)25-21-39/h3-8,10,12-15,17-28,33,42,45-49,65H,16,29-32,34H2,1-2H3/t45-,46-,47-,48+,49+,57-/m0/s1. The minimum atomic E-state index is -2.23. The third-order valence-corrected chi connectivity index (χ3v) is 14.6. The number of non-ortho nitro benzene ring substituents is 1. The van der Waals surface area contributed by atoms with Crippen molar-refractivity contribution in [3.63, 3.8) is 0 Å². The van der Waals surface area contributed by atoms with Gasteiger partial charge in [-0.15, -0.1) is 0 Å². The summed E-state index contributed by atoms with van der Waals surface area (Å²) in [7, 11) is 2.25. The molecule has 10 rings (SSSR count). The second-order valence-corrected chi connectivity index (χ2v) is 18.7. The fourth-order valence-electron chi connectivity index (χ4n) is 11.1. The van der Waals surface area contributed by atoms with Crippen LogP contribution in [0.5, 0.6) is 5.75 Å². The van der Waals surface area contributed by atoms with Gasteiger partial charge in [0.05, 0.1) is 42.8 Å². The average molecular weight is 1040 g/mol. The Morgan fingerprint density at radius 2 is 1.43 bits per heavy atom. The Morgan fingerprint density at radius 1 is 0.792 bits per heavy atom. The summed E-state index contributed by atoms with van der Waals surface area (Å²) < 4.78 is 22.2. The summed E-state index contributed by atoms with van der Waals surface area (Å²) >= 11 is 0. The number of amides is 3. The van der Waals surface area contributed by atoms with E-state index in [0.29, 0.717) is 28.2 Å². The summed E-state index contributed by atoms with van der Waals surface area (Å²) in [5.74, 6) is -0.951. The highest BCUT2D eigenvalue weighted by atomic mass is 16.6. The summed E-state index contributed by atoms with van der Waals surface area (Å²) in [5, 5.41) is 22.3. The number of hydrogen-bond acceptors (Lipinski definition) is 17. The number of imide groups is 1. The Balaban J connectivity index is 1.20. The predicted molar refractivity (Wildman–Crippen MR) is 273 cm³/mol. The summed E-state index contributed by atoms with van der Waals surface area (Å²) in [6.45, 7) is 0.353. The molecule has 20 heteroatoms. The molecule has 390 valence electrons. The number of hydrogen-bond donors (Lipinski definition) is 1. The van der Waals surface area contributed by atoms with Crippen LogP contribution in [0.4, 0.5) is 22.1 Å². The quantitative estimate of drug-likeness (QED) is 0.0382. The third-order valence-electron chi connectivity index (χ3n) is 14.6. The van der Waals surface area contributed by atoms with E-state index in [4.69, 9.17) is 18.9 Å². The van der Waals surface area contributed by atoms with E-state index in [-0.39, 0.29) is 60.9 Å². The number of morpholine rings is 1. The van der Waals surface area contributed by atoms with E-state index in [1.54, 1.807) is 41.6 Å². The summed E-state index contributed by atoms with van der Waals surface area (Å²) in [6, 6.07) is 32.2. The number of aromatic hydroxyl groups is 1. The molecule has 1 aromatic heterocycles. The van der Waals surface area contributed by atoms with Crippen LogP contribution in [0.2, 0.25) is 0 Å². The highest BCUT2D eigenvalue weighted by Crippen LogP contribution is 2.66. The fourth-order valence-corrected chi connectivity index (χ4v) is 11.1. The van der Waals surface area contributed by atoms with Crippen LogP contribution in [0, 0.1) is 33.8 Å². The lowest BCUT2D eigenvalue weighted by Gasteiger charge is -2.46. The van der Waals surface area contributed by atoms with Crippen LogP contribution >= 0.6 is 0 Å². The monoisotopic (exact) mass is 1040 g/mol. The van der Waals surface area contributed by atoms with Crippen molar-refractivity contribution in [2.45, 2.75) is 42.7 Å². The fraction of sp³-hybridized carbons (Fsp3) is 0.263. The number of rotatable bonds is 11. The number of carbonyl (C=O) groups is 6. The van der Waals surface area contributed by atoms with Gasteiger partial charge in [-0.05, 0) is 76.3 Å². The van der Waals surface area contributed by atoms with Crippen molar-refractivity contribution >= 4 is 53.1 Å². The molecule has 0 aliphatic carbocycles. The zero-order chi connectivity index (χ0) is 54.0. The molecule has 0 bridgehead atoms. The number of phenols is 1. The molecule has 6 aromatic rings. The molecule has 20 nitrogen and oxygen atoms in total. The van der Waals surface area contributed by atoms with Crippen molar-refractivity contribution in [1.29, 1.82) is 0 Å². The van der Waals surface area contributed by atoms with E-state index in [9.17, 15) is 29.6 Å². The van der Waals surface area contributed by atoms with Crippen LogP contribution in [0.3, 0.4) is 0 Å². The molecular weight excluding hydrogens is 991 g/mol. The zero-order valence-electron chi connectivity index (χ0n) is 41.5. The molecule has 5 aromatic carbocycles. The SMILES string of the molecule is COC(=O)C(CC#Cc1ccc2c(c1)[C@]1(C(=O)N2C(=O)OCc2ccc([N+](=O)[O-])cc2)[C@H](C(=O)N2CCN(c3ncccn3)CC2)[C@H]2C(=O)O[C@H](c3ccccc3)[C@H](c3ccccc3)N2[C@@H]1c1ccc(O)cc1)C(=O)OC. The molecule has 0 radical (unpaired) electrons. The van der Waals surface area contributed by atoms with E-state index in [2.05, 4.69) is 21.8 Å². The van der Waals surface area contributed by atoms with Gasteiger partial charge in [-0.2, -0.15) is 0 Å². The maximum absolute atomic E-state index is 16.7. The largest absolute Gasteiger partial charge is 0.508 e. The number of esters is 3. The molecule has 1 spiro atoms. The van der Waals surface area contributed by atoms with Gasteiger partial charge in [0, 0.05) is 62.7 Å². The van der Waals surface area contributed by atoms with Crippen molar-refractivity contribution in [2.24, 2.45) is 11.8 Å². The highest BCUT2D eigenvalue weighted by Gasteiger charge is 2.76. The lowest BCUT2D eigenvalue weighted by molar-refractivity contribution is -0.384. The Kier molecular flexibility index (Phi) is 14.2. The van der Waals surface area contributed by atoms with E-state index in [0.717, 1.165) is 19.1 Å². The molecule has 4 aliphatic rings. The molecule has 3 amide bonds. The van der Waals surface area contributed by atoms with E-state index in [1.165, 1.54) is 48.5 Å². The lowest BCUT2D eigenvalue weighted by Crippen LogP contribution is -2.59. The maximum Gasteiger partial charge on any atom is 0.421 e. The molecule has 5 heterocycles. The topological polar surface area (TPSA) is 241 Å². The number of benzene rings is 5. The number of nitro benzene ring substituents is 1. The smallest absolute Gasteiger partial charge is 0.421 e. The van der Waals surface area contributed by atoms with Crippen LogP contribution in [-0.4, -0.2) is 112 Å². The maximum atomic E-state index is 16.7.